The molecule has 2 heterocycles. The number of rotatable bonds is 3. The number of nitrogens with zero attached hydrogens (tertiary/aromatic N) is 2. The molecule has 0 amide bonds. The fourth-order valence-corrected chi connectivity index (χ4v) is 2.97. The fraction of sp³-hybridized carbons (Fsp3) is 0.125. The first kappa shape index (κ1) is 20.7. The van der Waals surface area contributed by atoms with E-state index in [9.17, 15) is 13.2 Å². The molecule has 0 fully saturated rings. The van der Waals surface area contributed by atoms with Gasteiger partial charge in [0, 0.05) is 30.7 Å². The van der Waals surface area contributed by atoms with Crippen LogP contribution in [-0.4, -0.2) is 20.9 Å². The van der Waals surface area contributed by atoms with Crippen molar-refractivity contribution in [1.82, 2.24) is 9.97 Å². The number of halogens is 3. The molecule has 25 heavy (non-hydrogen) atoms. The number of aromatic nitrogens is 2. The van der Waals surface area contributed by atoms with Gasteiger partial charge in [0.2, 0.25) is 0 Å². The predicted octanol–water partition coefficient (Wildman–Crippen LogP) is 3.67. The number of benzene rings is 1. The maximum atomic E-state index is 13.1. The smallest absolute Gasteiger partial charge is 0.412 e. The van der Waals surface area contributed by atoms with Crippen LogP contribution >= 0.6 is 11.9 Å². The number of para-hydroxylation sites is 1. The summed E-state index contributed by atoms with van der Waals surface area (Å²) in [5.74, 6) is 0. The van der Waals surface area contributed by atoms with Gasteiger partial charge in [0.25, 0.3) is 0 Å². The van der Waals surface area contributed by atoms with Crippen molar-refractivity contribution in [3.63, 3.8) is 0 Å². The van der Waals surface area contributed by atoms with Crippen LogP contribution in [0.2, 0.25) is 0 Å². The van der Waals surface area contributed by atoms with Crippen molar-refractivity contribution in [2.24, 2.45) is 0 Å². The molecule has 0 saturated carbocycles. The van der Waals surface area contributed by atoms with E-state index in [0.29, 0.717) is 16.9 Å². The number of fused-ring (bicyclic) bond motifs is 1. The summed E-state index contributed by atoms with van der Waals surface area (Å²) in [5, 5.41) is 0.803. The zero-order chi connectivity index (χ0) is 16.4. The molecule has 0 atom stereocenters. The summed E-state index contributed by atoms with van der Waals surface area (Å²) < 4.78 is 42.1. The second-order valence-electron chi connectivity index (χ2n) is 4.89. The Morgan fingerprint density at radius 1 is 1.04 bits per heavy atom. The lowest BCUT2D eigenvalue weighted by atomic mass is 10.2. The van der Waals surface area contributed by atoms with Crippen molar-refractivity contribution in [3.8, 4) is 0 Å². The normalized spacial score (nSPS) is 10.7. The summed E-state index contributed by atoms with van der Waals surface area (Å²) in [5.41, 5.74) is 1.11. The topological polar surface area (TPSA) is 101 Å². The zero-order valence-electron chi connectivity index (χ0n) is 13.1. The summed E-state index contributed by atoms with van der Waals surface area (Å²) in [4.78, 5) is 8.26. The Hall–Kier alpha value is -2.36. The minimum absolute atomic E-state index is 0. The van der Waals surface area contributed by atoms with Gasteiger partial charge in [-0.3, -0.25) is 4.98 Å². The molecule has 0 saturated heterocycles. The lowest BCUT2D eigenvalue weighted by Gasteiger charge is -2.13. The van der Waals surface area contributed by atoms with E-state index >= 15 is 0 Å². The van der Waals surface area contributed by atoms with Gasteiger partial charge in [-0.05, 0) is 31.2 Å². The number of hydrogen-bond donors (Lipinski definition) is 1. The molecule has 136 valence electrons. The Kier molecular flexibility index (Phi) is 6.74. The van der Waals surface area contributed by atoms with Crippen LogP contribution < -0.4 is 4.72 Å². The third-order valence-electron chi connectivity index (χ3n) is 3.20. The first-order chi connectivity index (χ1) is 10.9. The fourth-order valence-electron chi connectivity index (χ4n) is 2.12. The monoisotopic (exact) mass is 373 g/mol. The summed E-state index contributed by atoms with van der Waals surface area (Å²) in [7, 11) is 0. The molecule has 9 heteroatoms. The molecule has 0 aliphatic heterocycles. The van der Waals surface area contributed by atoms with Gasteiger partial charge in [0.05, 0.1) is 16.8 Å². The first-order valence-corrected chi connectivity index (χ1v) is 7.58. The molecule has 0 radical (unpaired) electrons. The summed E-state index contributed by atoms with van der Waals surface area (Å²) in [6.07, 6.45) is -2.80. The van der Waals surface area contributed by atoms with Crippen LogP contribution in [0, 0.1) is 6.92 Å². The Morgan fingerprint density at radius 3 is 2.48 bits per heavy atom. The Bertz CT molecular complexity index is 860. The molecule has 0 unspecified atom stereocenters. The van der Waals surface area contributed by atoms with E-state index in [1.165, 1.54) is 6.07 Å². The Balaban J connectivity index is 0.00000208. The lowest BCUT2D eigenvalue weighted by Crippen LogP contribution is -2.09. The van der Waals surface area contributed by atoms with E-state index in [4.69, 9.17) is 0 Å². The summed E-state index contributed by atoms with van der Waals surface area (Å²) >= 11 is 0.835. The number of hydrogen-bond acceptors (Lipinski definition) is 4. The second kappa shape index (κ2) is 8.15. The van der Waals surface area contributed by atoms with Crippen LogP contribution in [0.15, 0.2) is 53.7 Å². The standard InChI is InChI=1S/C16H12F3N3S.2H2O.H2/c1-10-7-8-12(16(17,18)19)15(21-10)23-22-13-6-2-4-11-5-3-9-20-14(11)13;;;/h2-9,22H,1H3;2*1H2;1H. The van der Waals surface area contributed by atoms with Crippen LogP contribution in [0.5, 0.6) is 0 Å². The molecular formula is C16H18F3N3O2S. The van der Waals surface area contributed by atoms with E-state index in [0.717, 1.165) is 23.4 Å². The zero-order valence-corrected chi connectivity index (χ0v) is 13.9. The number of pyridine rings is 2. The third kappa shape index (κ3) is 4.59. The van der Waals surface area contributed by atoms with Crippen LogP contribution in [0.3, 0.4) is 0 Å². The molecule has 5 nitrogen and oxygen atoms in total. The molecule has 0 aliphatic rings. The highest BCUT2D eigenvalue weighted by Gasteiger charge is 2.34. The average molecular weight is 373 g/mol. The summed E-state index contributed by atoms with van der Waals surface area (Å²) in [6.45, 7) is 1.66. The highest BCUT2D eigenvalue weighted by Crippen LogP contribution is 2.36. The van der Waals surface area contributed by atoms with Crippen molar-refractivity contribution in [2.75, 3.05) is 4.72 Å². The van der Waals surface area contributed by atoms with Gasteiger partial charge in [-0.15, -0.1) is 0 Å². The Morgan fingerprint density at radius 2 is 1.76 bits per heavy atom. The van der Waals surface area contributed by atoms with Gasteiger partial charge < -0.3 is 15.7 Å². The van der Waals surface area contributed by atoms with Crippen LogP contribution in [0.4, 0.5) is 18.9 Å². The van der Waals surface area contributed by atoms with Crippen LogP contribution in [0.1, 0.15) is 12.7 Å². The lowest BCUT2D eigenvalue weighted by molar-refractivity contribution is -0.140. The van der Waals surface area contributed by atoms with E-state index in [2.05, 4.69) is 14.7 Å². The molecular weight excluding hydrogens is 355 g/mol. The number of aryl methyl sites for hydroxylation is 1. The van der Waals surface area contributed by atoms with Gasteiger partial charge in [-0.25, -0.2) is 4.98 Å². The van der Waals surface area contributed by atoms with E-state index in [1.54, 1.807) is 19.2 Å². The molecule has 0 aliphatic carbocycles. The van der Waals surface area contributed by atoms with Gasteiger partial charge in [0.15, 0.2) is 0 Å². The number of alkyl halides is 3. The highest BCUT2D eigenvalue weighted by molar-refractivity contribution is 8.00. The Labute approximate surface area is 147 Å². The second-order valence-corrected chi connectivity index (χ2v) is 5.68. The summed E-state index contributed by atoms with van der Waals surface area (Å²) in [6, 6.07) is 11.6. The van der Waals surface area contributed by atoms with Crippen molar-refractivity contribution >= 4 is 28.5 Å². The van der Waals surface area contributed by atoms with Gasteiger partial charge in [-0.1, -0.05) is 18.2 Å². The van der Waals surface area contributed by atoms with Crippen molar-refractivity contribution in [2.45, 2.75) is 18.1 Å². The highest BCUT2D eigenvalue weighted by atomic mass is 32.2. The maximum Gasteiger partial charge on any atom is 0.419 e. The average Bonchev–Trinajstić information content (AvgIpc) is 2.51. The minimum atomic E-state index is -4.44. The first-order valence-electron chi connectivity index (χ1n) is 6.76. The van der Waals surface area contributed by atoms with Crippen LogP contribution in [-0.2, 0) is 6.18 Å². The van der Waals surface area contributed by atoms with Gasteiger partial charge >= 0.3 is 6.18 Å². The van der Waals surface area contributed by atoms with Gasteiger partial charge in [0.1, 0.15) is 5.03 Å². The van der Waals surface area contributed by atoms with E-state index in [-0.39, 0.29) is 17.4 Å². The van der Waals surface area contributed by atoms with Crippen molar-refractivity contribution in [3.05, 3.63) is 59.9 Å². The van der Waals surface area contributed by atoms with Crippen molar-refractivity contribution in [1.29, 1.82) is 0 Å². The molecule has 3 aromatic rings. The van der Waals surface area contributed by atoms with Gasteiger partial charge in [-0.2, -0.15) is 13.2 Å². The maximum absolute atomic E-state index is 13.1. The molecule has 5 N–H and O–H groups in total. The van der Waals surface area contributed by atoms with E-state index < -0.39 is 11.7 Å². The number of anilines is 1. The molecule has 3 rings (SSSR count). The quantitative estimate of drug-likeness (QED) is 0.708. The minimum Gasteiger partial charge on any atom is -0.412 e. The third-order valence-corrected chi connectivity index (χ3v) is 4.02. The molecule has 0 bridgehead atoms. The molecule has 0 spiro atoms. The molecule has 1 aromatic carbocycles. The van der Waals surface area contributed by atoms with E-state index in [1.807, 2.05) is 24.3 Å². The SMILES string of the molecule is Cc1ccc(C(F)(F)F)c(SNc2cccc3cccnc23)n1.O.O.[HH]. The predicted molar refractivity (Wildman–Crippen MR) is 94.5 cm³/mol. The number of nitrogens with one attached hydrogen (secondary N) is 1. The largest absolute Gasteiger partial charge is 0.419 e. The van der Waals surface area contributed by atoms with Crippen LogP contribution in [0.25, 0.3) is 10.9 Å². The molecule has 2 aromatic heterocycles. The van der Waals surface area contributed by atoms with Crippen molar-refractivity contribution < 1.29 is 25.6 Å².